The van der Waals surface area contributed by atoms with E-state index in [0.717, 1.165) is 38.5 Å². The molecule has 0 aromatic carbocycles. The van der Waals surface area contributed by atoms with Gasteiger partial charge >= 0.3 is 0 Å². The van der Waals surface area contributed by atoms with Crippen molar-refractivity contribution in [2.75, 3.05) is 13.2 Å². The Hall–Kier alpha value is -1.07. The van der Waals surface area contributed by atoms with Crippen LogP contribution in [0.5, 0.6) is 0 Å². The van der Waals surface area contributed by atoms with Gasteiger partial charge in [-0.1, -0.05) is 180 Å². The Bertz CT molecular complexity index is 812. The summed E-state index contributed by atoms with van der Waals surface area (Å²) in [5.41, 5.74) is 0. The van der Waals surface area contributed by atoms with Gasteiger partial charge in [0.1, 0.15) is 24.4 Å². The predicted molar refractivity (Wildman–Crippen MR) is 207 cm³/mol. The molecule has 0 saturated carbocycles. The summed E-state index contributed by atoms with van der Waals surface area (Å²) in [5.74, 6) is -0.176. The van der Waals surface area contributed by atoms with Crippen molar-refractivity contribution >= 4 is 5.91 Å². The molecule has 1 fully saturated rings. The van der Waals surface area contributed by atoms with Crippen molar-refractivity contribution in [1.29, 1.82) is 0 Å². The van der Waals surface area contributed by atoms with E-state index in [4.69, 9.17) is 9.47 Å². The number of carbonyl (C=O) groups excluding carboxylic acids is 1. The molecular weight excluding hydrogens is 646 g/mol. The van der Waals surface area contributed by atoms with Crippen LogP contribution in [0.15, 0.2) is 12.2 Å². The minimum absolute atomic E-state index is 0.176. The predicted octanol–water partition coefficient (Wildman–Crippen LogP) is 8.17. The van der Waals surface area contributed by atoms with Gasteiger partial charge in [-0.3, -0.25) is 4.79 Å². The van der Waals surface area contributed by atoms with Gasteiger partial charge in [0.2, 0.25) is 5.91 Å². The van der Waals surface area contributed by atoms with Crippen molar-refractivity contribution in [3.05, 3.63) is 12.2 Å². The summed E-state index contributed by atoms with van der Waals surface area (Å²) in [4.78, 5) is 12.9. The highest BCUT2D eigenvalue weighted by atomic mass is 16.7. The SMILES string of the molecule is CCCCCCCCCCCC/C=C/C(O)C(COC1OC(CO)C(O)C(O)C1O)NC(=O)CCCCCCCCCCCCCCCCCC. The highest BCUT2D eigenvalue weighted by Crippen LogP contribution is 2.22. The van der Waals surface area contributed by atoms with E-state index >= 15 is 0 Å². The molecule has 1 aliphatic heterocycles. The molecule has 0 radical (unpaired) electrons. The largest absolute Gasteiger partial charge is 0.394 e. The Morgan fingerprint density at radius 1 is 0.647 bits per heavy atom. The zero-order valence-corrected chi connectivity index (χ0v) is 32.9. The Labute approximate surface area is 312 Å². The lowest BCUT2D eigenvalue weighted by atomic mass is 9.99. The van der Waals surface area contributed by atoms with E-state index in [1.165, 1.54) is 135 Å². The maximum Gasteiger partial charge on any atom is 0.220 e. The quantitative estimate of drug-likeness (QED) is 0.0283. The molecule has 1 amide bonds. The lowest BCUT2D eigenvalue weighted by molar-refractivity contribution is -0.302. The maximum atomic E-state index is 12.9. The smallest absolute Gasteiger partial charge is 0.220 e. The molecule has 1 rings (SSSR count). The van der Waals surface area contributed by atoms with E-state index in [2.05, 4.69) is 19.2 Å². The molecule has 7 atom stereocenters. The van der Waals surface area contributed by atoms with Crippen molar-refractivity contribution < 1.29 is 39.8 Å². The minimum Gasteiger partial charge on any atom is -0.394 e. The lowest BCUT2D eigenvalue weighted by Gasteiger charge is -2.40. The summed E-state index contributed by atoms with van der Waals surface area (Å²) < 4.78 is 11.2. The van der Waals surface area contributed by atoms with E-state index in [-0.39, 0.29) is 12.5 Å². The molecule has 1 aliphatic rings. The molecular formula is C42H81NO8. The molecule has 1 saturated heterocycles. The zero-order valence-electron chi connectivity index (χ0n) is 32.9. The molecule has 6 N–H and O–H groups in total. The van der Waals surface area contributed by atoms with Crippen molar-refractivity contribution in [3.8, 4) is 0 Å². The first-order chi connectivity index (χ1) is 24.8. The third kappa shape index (κ3) is 24.8. The summed E-state index contributed by atoms with van der Waals surface area (Å²) in [6.45, 7) is 3.76. The topological polar surface area (TPSA) is 149 Å². The van der Waals surface area contributed by atoms with Crippen LogP contribution >= 0.6 is 0 Å². The first-order valence-electron chi connectivity index (χ1n) is 21.4. The standard InChI is InChI=1S/C42H81NO8/c1-3-5-7-9-11-13-15-17-18-19-20-22-24-26-28-30-32-38(46)43-35(34-50-42-41(49)40(48)39(47)37(33-44)51-42)36(45)31-29-27-25-23-21-16-14-12-10-8-6-4-2/h29,31,35-37,39-42,44-45,47-49H,3-28,30,32-34H2,1-2H3,(H,43,46)/b31-29+. The van der Waals surface area contributed by atoms with Gasteiger partial charge in [-0.15, -0.1) is 0 Å². The fourth-order valence-electron chi connectivity index (χ4n) is 6.86. The molecule has 7 unspecified atom stereocenters. The fourth-order valence-corrected chi connectivity index (χ4v) is 6.86. The maximum absolute atomic E-state index is 12.9. The van der Waals surface area contributed by atoms with Crippen LogP contribution in [0.2, 0.25) is 0 Å². The van der Waals surface area contributed by atoms with Crippen LogP contribution < -0.4 is 5.32 Å². The normalized spacial score (nSPS) is 22.1. The van der Waals surface area contributed by atoms with Gasteiger partial charge < -0.3 is 40.3 Å². The molecule has 9 heteroatoms. The Morgan fingerprint density at radius 3 is 1.53 bits per heavy atom. The number of aliphatic hydroxyl groups excluding tert-OH is 5. The highest BCUT2D eigenvalue weighted by molar-refractivity contribution is 5.76. The van der Waals surface area contributed by atoms with Gasteiger partial charge in [0.15, 0.2) is 6.29 Å². The van der Waals surface area contributed by atoms with Gasteiger partial charge in [-0.2, -0.15) is 0 Å². The van der Waals surface area contributed by atoms with Crippen molar-refractivity contribution in [3.63, 3.8) is 0 Å². The number of carbonyl (C=O) groups is 1. The van der Waals surface area contributed by atoms with Crippen LogP contribution in [0.4, 0.5) is 0 Å². The molecule has 0 aromatic heterocycles. The first-order valence-corrected chi connectivity index (χ1v) is 21.4. The summed E-state index contributed by atoms with van der Waals surface area (Å²) >= 11 is 0. The number of allylic oxidation sites excluding steroid dienone is 1. The molecule has 9 nitrogen and oxygen atoms in total. The monoisotopic (exact) mass is 728 g/mol. The average molecular weight is 728 g/mol. The molecule has 0 bridgehead atoms. The lowest BCUT2D eigenvalue weighted by Crippen LogP contribution is -2.60. The number of amides is 1. The minimum atomic E-state index is -1.56. The molecule has 0 spiro atoms. The second-order valence-corrected chi connectivity index (χ2v) is 15.1. The number of ether oxygens (including phenoxy) is 2. The molecule has 0 aromatic rings. The highest BCUT2D eigenvalue weighted by Gasteiger charge is 2.44. The number of hydrogen-bond acceptors (Lipinski definition) is 8. The average Bonchev–Trinajstić information content (AvgIpc) is 3.13. The molecule has 1 heterocycles. The van der Waals surface area contributed by atoms with Crippen LogP contribution in [-0.4, -0.2) is 87.5 Å². The molecule has 51 heavy (non-hydrogen) atoms. The first kappa shape index (κ1) is 48.0. The fraction of sp³-hybridized carbons (Fsp3) is 0.929. The summed E-state index contributed by atoms with van der Waals surface area (Å²) in [7, 11) is 0. The molecule has 302 valence electrons. The van der Waals surface area contributed by atoms with E-state index in [1.807, 2.05) is 6.08 Å². The van der Waals surface area contributed by atoms with Crippen LogP contribution in [0.1, 0.15) is 194 Å². The Kier molecular flexibility index (Phi) is 31.5. The third-order valence-electron chi connectivity index (χ3n) is 10.4. The zero-order chi connectivity index (χ0) is 37.4. The van der Waals surface area contributed by atoms with Crippen molar-refractivity contribution in [2.45, 2.75) is 236 Å². The number of unbranched alkanes of at least 4 members (excludes halogenated alkanes) is 25. The molecule has 0 aliphatic carbocycles. The Morgan fingerprint density at radius 2 is 1.08 bits per heavy atom. The van der Waals surface area contributed by atoms with E-state index in [0.29, 0.717) is 6.42 Å². The van der Waals surface area contributed by atoms with E-state index in [1.54, 1.807) is 6.08 Å². The summed E-state index contributed by atoms with van der Waals surface area (Å²) in [6, 6.07) is -0.796. The number of aliphatic hydroxyl groups is 5. The van der Waals surface area contributed by atoms with Crippen LogP contribution in [-0.2, 0) is 14.3 Å². The number of rotatable bonds is 35. The van der Waals surface area contributed by atoms with Gasteiger partial charge in [0.05, 0.1) is 25.4 Å². The van der Waals surface area contributed by atoms with Crippen molar-refractivity contribution in [1.82, 2.24) is 5.32 Å². The Balaban J connectivity index is 2.38. The van der Waals surface area contributed by atoms with Gasteiger partial charge in [-0.25, -0.2) is 0 Å². The second kappa shape index (κ2) is 33.5. The summed E-state index contributed by atoms with van der Waals surface area (Å²) in [6.07, 6.45) is 29.6. The van der Waals surface area contributed by atoms with Crippen molar-refractivity contribution in [2.24, 2.45) is 0 Å². The summed E-state index contributed by atoms with van der Waals surface area (Å²) in [5, 5.41) is 54.0. The number of nitrogens with one attached hydrogen (secondary N) is 1. The van der Waals surface area contributed by atoms with Gasteiger partial charge in [-0.05, 0) is 19.3 Å². The van der Waals surface area contributed by atoms with E-state index in [9.17, 15) is 30.3 Å². The van der Waals surface area contributed by atoms with Crippen LogP contribution in [0, 0.1) is 0 Å². The number of hydrogen-bond donors (Lipinski definition) is 6. The second-order valence-electron chi connectivity index (χ2n) is 15.1. The van der Waals surface area contributed by atoms with Crippen LogP contribution in [0.3, 0.4) is 0 Å². The van der Waals surface area contributed by atoms with Gasteiger partial charge in [0, 0.05) is 6.42 Å². The van der Waals surface area contributed by atoms with Gasteiger partial charge in [0.25, 0.3) is 0 Å². The third-order valence-corrected chi connectivity index (χ3v) is 10.4. The van der Waals surface area contributed by atoms with Crippen LogP contribution in [0.25, 0.3) is 0 Å². The van der Waals surface area contributed by atoms with E-state index < -0.39 is 49.5 Å².